The Morgan fingerprint density at radius 2 is 1.90 bits per heavy atom. The molecule has 1 unspecified atom stereocenters. The predicted octanol–water partition coefficient (Wildman–Crippen LogP) is 3.23. The second kappa shape index (κ2) is 4.63. The molecule has 0 bridgehead atoms. The third-order valence-electron chi connectivity index (χ3n) is 3.67. The number of benzene rings is 1. The summed E-state index contributed by atoms with van der Waals surface area (Å²) in [6.45, 7) is 0. The van der Waals surface area contributed by atoms with Crippen molar-refractivity contribution in [2.45, 2.75) is 31.5 Å². The Labute approximate surface area is 114 Å². The monoisotopic (exact) mass is 281 g/mol. The first-order valence-electron chi connectivity index (χ1n) is 6.47. The number of nitrogens with zero attached hydrogens (tertiary/aromatic N) is 2. The zero-order chi connectivity index (χ0) is 14.3. The maximum absolute atomic E-state index is 12.5. The minimum atomic E-state index is -4.32. The smallest absolute Gasteiger partial charge is 0.324 e. The maximum Gasteiger partial charge on any atom is 0.416 e. The molecule has 1 heterocycles. The fourth-order valence-corrected chi connectivity index (χ4v) is 2.61. The van der Waals surface area contributed by atoms with Crippen molar-refractivity contribution in [1.82, 2.24) is 9.78 Å². The Morgan fingerprint density at radius 1 is 1.20 bits per heavy atom. The maximum atomic E-state index is 12.5. The molecule has 3 nitrogen and oxygen atoms in total. The second-order valence-corrected chi connectivity index (χ2v) is 5.00. The molecular weight excluding hydrogens is 267 g/mol. The highest BCUT2D eigenvalue weighted by Crippen LogP contribution is 2.32. The molecule has 0 saturated carbocycles. The molecule has 1 aromatic heterocycles. The topological polar surface area (TPSA) is 43.8 Å². The van der Waals surface area contributed by atoms with Crippen LogP contribution in [0.4, 0.5) is 13.2 Å². The highest BCUT2D eigenvalue weighted by Gasteiger charge is 2.30. The van der Waals surface area contributed by atoms with Crippen LogP contribution >= 0.6 is 0 Å². The van der Waals surface area contributed by atoms with E-state index in [0.717, 1.165) is 42.7 Å². The van der Waals surface area contributed by atoms with Crippen LogP contribution in [0.15, 0.2) is 30.5 Å². The molecule has 3 rings (SSSR count). The van der Waals surface area contributed by atoms with Crippen LogP contribution in [0.3, 0.4) is 0 Å². The number of alkyl halides is 3. The zero-order valence-corrected chi connectivity index (χ0v) is 10.7. The van der Waals surface area contributed by atoms with Crippen LogP contribution in [-0.2, 0) is 12.6 Å². The number of aromatic nitrogens is 2. The third-order valence-corrected chi connectivity index (χ3v) is 3.67. The number of hydrogen-bond acceptors (Lipinski definition) is 2. The minimum Gasteiger partial charge on any atom is -0.324 e. The molecule has 2 N–H and O–H groups in total. The largest absolute Gasteiger partial charge is 0.416 e. The van der Waals surface area contributed by atoms with Crippen molar-refractivity contribution in [3.63, 3.8) is 0 Å². The van der Waals surface area contributed by atoms with E-state index >= 15 is 0 Å². The molecule has 0 radical (unpaired) electrons. The Kier molecular flexibility index (Phi) is 3.05. The molecule has 1 aromatic carbocycles. The quantitative estimate of drug-likeness (QED) is 0.872. The van der Waals surface area contributed by atoms with Crippen molar-refractivity contribution in [3.05, 3.63) is 47.3 Å². The molecule has 6 heteroatoms. The highest BCUT2D eigenvalue weighted by molar-refractivity contribution is 5.39. The zero-order valence-electron chi connectivity index (χ0n) is 10.7. The van der Waals surface area contributed by atoms with Gasteiger partial charge >= 0.3 is 6.18 Å². The number of nitrogens with two attached hydrogens (primary N) is 1. The van der Waals surface area contributed by atoms with Crippen LogP contribution in [0, 0.1) is 0 Å². The van der Waals surface area contributed by atoms with Gasteiger partial charge in [-0.05, 0) is 43.5 Å². The lowest BCUT2D eigenvalue weighted by molar-refractivity contribution is -0.137. The fraction of sp³-hybridized carbons (Fsp3) is 0.357. The third kappa shape index (κ3) is 2.20. The molecule has 1 aliphatic rings. The molecule has 1 atom stereocenters. The van der Waals surface area contributed by atoms with Crippen LogP contribution in [0.2, 0.25) is 0 Å². The van der Waals surface area contributed by atoms with Crippen LogP contribution < -0.4 is 5.73 Å². The summed E-state index contributed by atoms with van der Waals surface area (Å²) in [6, 6.07) is 5.01. The number of rotatable bonds is 1. The molecular formula is C14H14F3N3. The first-order chi connectivity index (χ1) is 9.47. The van der Waals surface area contributed by atoms with Crippen molar-refractivity contribution in [1.29, 1.82) is 0 Å². The Hall–Kier alpha value is -1.82. The van der Waals surface area contributed by atoms with Gasteiger partial charge in [0.15, 0.2) is 0 Å². The Morgan fingerprint density at radius 3 is 2.55 bits per heavy atom. The van der Waals surface area contributed by atoms with E-state index in [9.17, 15) is 13.2 Å². The van der Waals surface area contributed by atoms with E-state index in [1.165, 1.54) is 12.1 Å². The van der Waals surface area contributed by atoms with E-state index in [1.54, 1.807) is 10.9 Å². The summed E-state index contributed by atoms with van der Waals surface area (Å²) in [6.07, 6.45) is 0.150. The predicted molar refractivity (Wildman–Crippen MR) is 68.4 cm³/mol. The first kappa shape index (κ1) is 13.2. The summed E-state index contributed by atoms with van der Waals surface area (Å²) in [5.74, 6) is 0. The summed E-state index contributed by atoms with van der Waals surface area (Å²) in [5, 5.41) is 4.27. The van der Waals surface area contributed by atoms with Gasteiger partial charge in [0.25, 0.3) is 0 Å². The lowest BCUT2D eigenvalue weighted by Gasteiger charge is -2.19. The SMILES string of the molecule is NC1CCCc2c1cnn2-c1ccc(C(F)(F)F)cc1. The number of fused-ring (bicyclic) bond motifs is 1. The van der Waals surface area contributed by atoms with Gasteiger partial charge in [0.05, 0.1) is 17.4 Å². The number of halogens is 3. The highest BCUT2D eigenvalue weighted by atomic mass is 19.4. The lowest BCUT2D eigenvalue weighted by atomic mass is 9.94. The van der Waals surface area contributed by atoms with Crippen molar-refractivity contribution in [2.75, 3.05) is 0 Å². The number of hydrogen-bond donors (Lipinski definition) is 1. The lowest BCUT2D eigenvalue weighted by Crippen LogP contribution is -2.18. The van der Waals surface area contributed by atoms with E-state index in [0.29, 0.717) is 5.69 Å². The molecule has 0 saturated heterocycles. The summed E-state index contributed by atoms with van der Waals surface area (Å²) in [7, 11) is 0. The van der Waals surface area contributed by atoms with Crippen LogP contribution in [-0.4, -0.2) is 9.78 Å². The fourth-order valence-electron chi connectivity index (χ4n) is 2.61. The second-order valence-electron chi connectivity index (χ2n) is 5.00. The molecule has 0 spiro atoms. The van der Waals surface area contributed by atoms with Gasteiger partial charge in [-0.25, -0.2) is 4.68 Å². The summed E-state index contributed by atoms with van der Waals surface area (Å²) in [4.78, 5) is 0. The van der Waals surface area contributed by atoms with Crippen LogP contribution in [0.5, 0.6) is 0 Å². The average Bonchev–Trinajstić information content (AvgIpc) is 2.83. The Bertz CT molecular complexity index is 614. The van der Waals surface area contributed by atoms with E-state index < -0.39 is 11.7 Å². The van der Waals surface area contributed by atoms with Gasteiger partial charge in [-0.3, -0.25) is 0 Å². The van der Waals surface area contributed by atoms with Crippen LogP contribution in [0.1, 0.15) is 35.7 Å². The average molecular weight is 281 g/mol. The molecule has 0 aliphatic heterocycles. The molecule has 20 heavy (non-hydrogen) atoms. The first-order valence-corrected chi connectivity index (χ1v) is 6.47. The molecule has 0 amide bonds. The van der Waals surface area contributed by atoms with E-state index in [1.807, 2.05) is 0 Å². The van der Waals surface area contributed by atoms with Gasteiger partial charge in [0.1, 0.15) is 0 Å². The van der Waals surface area contributed by atoms with Gasteiger partial charge in [-0.15, -0.1) is 0 Å². The van der Waals surface area contributed by atoms with Crippen molar-refractivity contribution in [3.8, 4) is 5.69 Å². The molecule has 106 valence electrons. The van der Waals surface area contributed by atoms with Gasteiger partial charge in [-0.1, -0.05) is 0 Å². The Balaban J connectivity index is 1.98. The summed E-state index contributed by atoms with van der Waals surface area (Å²) < 4.78 is 39.3. The minimum absolute atomic E-state index is 0.0260. The molecule has 0 fully saturated rings. The van der Waals surface area contributed by atoms with E-state index in [-0.39, 0.29) is 6.04 Å². The van der Waals surface area contributed by atoms with E-state index in [2.05, 4.69) is 5.10 Å². The molecule has 2 aromatic rings. The van der Waals surface area contributed by atoms with Crippen molar-refractivity contribution in [2.24, 2.45) is 5.73 Å². The van der Waals surface area contributed by atoms with Crippen molar-refractivity contribution < 1.29 is 13.2 Å². The van der Waals surface area contributed by atoms with Gasteiger partial charge in [-0.2, -0.15) is 18.3 Å². The van der Waals surface area contributed by atoms with Crippen molar-refractivity contribution >= 4 is 0 Å². The summed E-state index contributed by atoms with van der Waals surface area (Å²) >= 11 is 0. The van der Waals surface area contributed by atoms with Gasteiger partial charge in [0.2, 0.25) is 0 Å². The van der Waals surface area contributed by atoms with Gasteiger partial charge in [0, 0.05) is 17.3 Å². The van der Waals surface area contributed by atoms with E-state index in [4.69, 9.17) is 5.73 Å². The standard InChI is InChI=1S/C14H14F3N3/c15-14(16,17)9-4-6-10(7-5-9)20-13-3-1-2-12(18)11(13)8-19-20/h4-8,12H,1-3,18H2. The molecule has 1 aliphatic carbocycles. The normalized spacial score (nSPS) is 18.9. The van der Waals surface area contributed by atoms with Gasteiger partial charge < -0.3 is 5.73 Å². The van der Waals surface area contributed by atoms with Crippen LogP contribution in [0.25, 0.3) is 5.69 Å². The summed E-state index contributed by atoms with van der Waals surface area (Å²) in [5.41, 5.74) is 8.00.